The quantitative estimate of drug-likeness (QED) is 0.614. The molecular formula is C28H34N4O2S. The van der Waals surface area contributed by atoms with Crippen LogP contribution in [0.25, 0.3) is 0 Å². The number of hydrogen-bond acceptors (Lipinski definition) is 5. The Morgan fingerprint density at radius 1 is 0.914 bits per heavy atom. The van der Waals surface area contributed by atoms with Crippen LogP contribution in [0.2, 0.25) is 0 Å². The normalized spacial score (nSPS) is 29.3. The molecule has 2 heterocycles. The Balaban J connectivity index is 1.06. The third kappa shape index (κ3) is 4.80. The van der Waals surface area contributed by atoms with Gasteiger partial charge in [-0.15, -0.1) is 11.8 Å². The predicted octanol–water partition coefficient (Wildman–Crippen LogP) is 4.22. The van der Waals surface area contributed by atoms with Crippen LogP contribution < -0.4 is 10.2 Å². The molecule has 184 valence electrons. The summed E-state index contributed by atoms with van der Waals surface area (Å²) in [7, 11) is 0. The maximum Gasteiger partial charge on any atom is 0.255 e. The van der Waals surface area contributed by atoms with Crippen molar-refractivity contribution in [2.75, 3.05) is 36.8 Å². The Hall–Kier alpha value is -2.54. The first-order valence-corrected chi connectivity index (χ1v) is 14.0. The van der Waals surface area contributed by atoms with Crippen molar-refractivity contribution < 1.29 is 9.59 Å². The molecule has 4 aliphatic carbocycles. The van der Waals surface area contributed by atoms with Gasteiger partial charge in [0.05, 0.1) is 11.3 Å². The number of aromatic nitrogens is 1. The number of carbonyl (C=O) groups excluding carboxylic acids is 2. The molecule has 5 aliphatic rings. The van der Waals surface area contributed by atoms with Crippen molar-refractivity contribution in [3.05, 3.63) is 54.2 Å². The summed E-state index contributed by atoms with van der Waals surface area (Å²) >= 11 is 1.49. The minimum absolute atomic E-state index is 0.0367. The zero-order chi connectivity index (χ0) is 23.8. The standard InChI is InChI=1S/C28H34N4O2S/c33-26(30-28-16-20-13-21(17-28)15-22(14-20)18-28)19-35-24-6-2-1-5-23(24)27(34)32-11-9-31(10-12-32)25-7-3-4-8-29-25/h1-8,20-22H,9-19H2,(H,30,33). The van der Waals surface area contributed by atoms with E-state index in [1.807, 2.05) is 47.4 Å². The monoisotopic (exact) mass is 490 g/mol. The molecule has 0 radical (unpaired) electrons. The van der Waals surface area contributed by atoms with Gasteiger partial charge < -0.3 is 15.1 Å². The molecule has 2 aromatic rings. The molecule has 4 saturated carbocycles. The number of pyridine rings is 1. The fourth-order valence-corrected chi connectivity index (χ4v) is 8.20. The summed E-state index contributed by atoms with van der Waals surface area (Å²) in [4.78, 5) is 35.9. The van der Waals surface area contributed by atoms with Gasteiger partial charge in [0.1, 0.15) is 5.82 Å². The van der Waals surface area contributed by atoms with Gasteiger partial charge in [-0.3, -0.25) is 9.59 Å². The highest BCUT2D eigenvalue weighted by atomic mass is 32.2. The van der Waals surface area contributed by atoms with E-state index in [1.54, 1.807) is 6.20 Å². The number of hydrogen-bond donors (Lipinski definition) is 1. The van der Waals surface area contributed by atoms with Crippen molar-refractivity contribution in [1.29, 1.82) is 0 Å². The number of amides is 2. The molecule has 7 rings (SSSR count). The van der Waals surface area contributed by atoms with Gasteiger partial charge in [0.2, 0.25) is 5.91 Å². The average Bonchev–Trinajstić information content (AvgIpc) is 2.87. The maximum absolute atomic E-state index is 13.4. The second kappa shape index (κ2) is 9.49. The fourth-order valence-electron chi connectivity index (χ4n) is 7.36. The summed E-state index contributed by atoms with van der Waals surface area (Å²) in [6.07, 6.45) is 9.40. The molecule has 0 unspecified atom stereocenters. The topological polar surface area (TPSA) is 65.5 Å². The Morgan fingerprint density at radius 3 is 2.23 bits per heavy atom. The van der Waals surface area contributed by atoms with Crippen LogP contribution in [-0.4, -0.2) is 59.2 Å². The molecule has 5 fully saturated rings. The number of carbonyl (C=O) groups is 2. The van der Waals surface area contributed by atoms with Crippen LogP contribution >= 0.6 is 11.8 Å². The lowest BCUT2D eigenvalue weighted by Gasteiger charge is -2.56. The average molecular weight is 491 g/mol. The van der Waals surface area contributed by atoms with E-state index in [2.05, 4.69) is 15.2 Å². The first-order chi connectivity index (χ1) is 17.1. The SMILES string of the molecule is O=C(CSc1ccccc1C(=O)N1CCN(c2ccccn2)CC1)NC12CC3CC(CC(C3)C1)C2. The molecule has 0 atom stereocenters. The van der Waals surface area contributed by atoms with E-state index >= 15 is 0 Å². The minimum atomic E-state index is 0.0367. The molecule has 1 aliphatic heterocycles. The van der Waals surface area contributed by atoms with Gasteiger partial charge in [-0.2, -0.15) is 0 Å². The lowest BCUT2D eigenvalue weighted by molar-refractivity contribution is -0.124. The highest BCUT2D eigenvalue weighted by Crippen LogP contribution is 2.55. The summed E-state index contributed by atoms with van der Waals surface area (Å²) in [5.74, 6) is 3.92. The van der Waals surface area contributed by atoms with Crippen molar-refractivity contribution in [1.82, 2.24) is 15.2 Å². The second-order valence-electron chi connectivity index (χ2n) is 11.0. The summed E-state index contributed by atoms with van der Waals surface area (Å²) in [6.45, 7) is 2.87. The summed E-state index contributed by atoms with van der Waals surface area (Å²) in [5, 5.41) is 3.46. The van der Waals surface area contributed by atoms with Gasteiger partial charge in [-0.05, 0) is 80.5 Å². The van der Waals surface area contributed by atoms with Gasteiger partial charge in [0.25, 0.3) is 5.91 Å². The van der Waals surface area contributed by atoms with Crippen LogP contribution in [0.1, 0.15) is 48.9 Å². The third-order valence-corrected chi connectivity index (χ3v) is 9.53. The molecular weight excluding hydrogens is 456 g/mol. The van der Waals surface area contributed by atoms with Crippen molar-refractivity contribution in [3.63, 3.8) is 0 Å². The summed E-state index contributed by atoms with van der Waals surface area (Å²) < 4.78 is 0. The smallest absolute Gasteiger partial charge is 0.255 e. The van der Waals surface area contributed by atoms with Gasteiger partial charge in [-0.1, -0.05) is 18.2 Å². The third-order valence-electron chi connectivity index (χ3n) is 8.46. The van der Waals surface area contributed by atoms with Crippen molar-refractivity contribution in [2.24, 2.45) is 17.8 Å². The molecule has 1 saturated heterocycles. The molecule has 1 aromatic heterocycles. The lowest BCUT2D eigenvalue weighted by Crippen LogP contribution is -2.60. The van der Waals surface area contributed by atoms with Crippen LogP contribution in [0.15, 0.2) is 53.6 Å². The number of rotatable bonds is 6. The zero-order valence-electron chi connectivity index (χ0n) is 20.2. The predicted molar refractivity (Wildman–Crippen MR) is 139 cm³/mol. The van der Waals surface area contributed by atoms with E-state index in [0.29, 0.717) is 24.4 Å². The molecule has 2 amide bonds. The fraction of sp³-hybridized carbons (Fsp3) is 0.536. The molecule has 1 N–H and O–H groups in total. The van der Waals surface area contributed by atoms with Crippen molar-refractivity contribution in [2.45, 2.75) is 49.0 Å². The van der Waals surface area contributed by atoms with E-state index < -0.39 is 0 Å². The Kier molecular flexibility index (Phi) is 6.21. The van der Waals surface area contributed by atoms with Gasteiger partial charge in [0, 0.05) is 42.8 Å². The molecule has 7 heteroatoms. The van der Waals surface area contributed by atoms with E-state index in [4.69, 9.17) is 0 Å². The molecule has 1 aromatic carbocycles. The van der Waals surface area contributed by atoms with Gasteiger partial charge >= 0.3 is 0 Å². The van der Waals surface area contributed by atoms with Crippen LogP contribution in [0.4, 0.5) is 5.82 Å². The first-order valence-electron chi connectivity index (χ1n) is 13.0. The number of nitrogens with one attached hydrogen (secondary N) is 1. The second-order valence-corrected chi connectivity index (χ2v) is 12.0. The summed E-state index contributed by atoms with van der Waals surface area (Å²) in [5.41, 5.74) is 0.737. The van der Waals surface area contributed by atoms with Gasteiger partial charge in [-0.25, -0.2) is 4.98 Å². The Morgan fingerprint density at radius 2 is 1.57 bits per heavy atom. The number of anilines is 1. The van der Waals surface area contributed by atoms with E-state index in [0.717, 1.165) is 60.8 Å². The largest absolute Gasteiger partial charge is 0.353 e. The Bertz CT molecular complexity index is 1050. The minimum Gasteiger partial charge on any atom is -0.353 e. The number of nitrogens with zero attached hydrogens (tertiary/aromatic N) is 3. The molecule has 6 nitrogen and oxygen atoms in total. The number of thioether (sulfide) groups is 1. The molecule has 4 bridgehead atoms. The van der Waals surface area contributed by atoms with Crippen LogP contribution in [0.3, 0.4) is 0 Å². The van der Waals surface area contributed by atoms with E-state index in [-0.39, 0.29) is 17.4 Å². The first kappa shape index (κ1) is 22.9. The summed E-state index contributed by atoms with van der Waals surface area (Å²) in [6, 6.07) is 13.7. The van der Waals surface area contributed by atoms with Gasteiger partial charge in [0.15, 0.2) is 0 Å². The highest BCUT2D eigenvalue weighted by molar-refractivity contribution is 8.00. The van der Waals surface area contributed by atoms with E-state index in [1.165, 1.54) is 31.0 Å². The van der Waals surface area contributed by atoms with Crippen molar-refractivity contribution >= 4 is 29.4 Å². The lowest BCUT2D eigenvalue weighted by atomic mass is 9.53. The van der Waals surface area contributed by atoms with Crippen LogP contribution in [0, 0.1) is 17.8 Å². The van der Waals surface area contributed by atoms with E-state index in [9.17, 15) is 9.59 Å². The van der Waals surface area contributed by atoms with Crippen LogP contribution in [-0.2, 0) is 4.79 Å². The molecule has 0 spiro atoms. The van der Waals surface area contributed by atoms with Crippen LogP contribution in [0.5, 0.6) is 0 Å². The highest BCUT2D eigenvalue weighted by Gasteiger charge is 2.51. The van der Waals surface area contributed by atoms with Crippen molar-refractivity contribution in [3.8, 4) is 0 Å². The maximum atomic E-state index is 13.4. The number of piperazine rings is 1. The number of benzene rings is 1. The Labute approximate surface area is 211 Å². The zero-order valence-corrected chi connectivity index (χ0v) is 21.0. The molecule has 35 heavy (non-hydrogen) atoms.